The lowest BCUT2D eigenvalue weighted by molar-refractivity contribution is -0.116. The van der Waals surface area contributed by atoms with Crippen LogP contribution in [0.1, 0.15) is 21.8 Å². The van der Waals surface area contributed by atoms with Crippen molar-refractivity contribution in [1.29, 1.82) is 0 Å². The number of anilines is 1. The Hall–Kier alpha value is -3.00. The van der Waals surface area contributed by atoms with Gasteiger partial charge in [-0.1, -0.05) is 35.0 Å². The van der Waals surface area contributed by atoms with Crippen LogP contribution in [0.2, 0.25) is 0 Å². The van der Waals surface area contributed by atoms with Gasteiger partial charge in [-0.3, -0.25) is 9.59 Å². The number of amides is 2. The van der Waals surface area contributed by atoms with Gasteiger partial charge >= 0.3 is 0 Å². The van der Waals surface area contributed by atoms with Crippen molar-refractivity contribution in [3.63, 3.8) is 0 Å². The number of carbonyl (C=O) groups is 2. The molecule has 2 aromatic heterocycles. The van der Waals surface area contributed by atoms with Crippen LogP contribution in [0.3, 0.4) is 0 Å². The molecule has 134 valence electrons. The lowest BCUT2D eigenvalue weighted by atomic mass is 10.2. The van der Waals surface area contributed by atoms with Gasteiger partial charge in [0.2, 0.25) is 5.91 Å². The summed E-state index contributed by atoms with van der Waals surface area (Å²) in [5, 5.41) is 8.74. The number of carbonyl (C=O) groups excluding carboxylic acids is 2. The Morgan fingerprint density at radius 2 is 1.96 bits per heavy atom. The molecule has 0 radical (unpaired) electrons. The summed E-state index contributed by atoms with van der Waals surface area (Å²) in [6.07, 6.45) is 0. The molecule has 7 nitrogen and oxygen atoms in total. The molecule has 3 rings (SSSR count). The molecule has 0 saturated carbocycles. The van der Waals surface area contributed by atoms with E-state index in [1.165, 1.54) is 16.2 Å². The normalized spacial score (nSPS) is 10.6. The standard InChI is InChI=1S/C18H18N4O3S/c1-11-4-6-13(7-5-11)17-19-14(10-26-17)18(24)22(3)9-16(23)20-15-8-12(2)25-21-15/h4-8,10H,9H2,1-3H3,(H,20,21,23). The highest BCUT2D eigenvalue weighted by molar-refractivity contribution is 7.13. The summed E-state index contributed by atoms with van der Waals surface area (Å²) in [6.45, 7) is 3.63. The Kier molecular flexibility index (Phi) is 5.13. The number of aromatic nitrogens is 2. The second-order valence-electron chi connectivity index (χ2n) is 5.94. The predicted octanol–water partition coefficient (Wildman–Crippen LogP) is 3.13. The lowest BCUT2D eigenvalue weighted by Gasteiger charge is -2.14. The molecule has 26 heavy (non-hydrogen) atoms. The summed E-state index contributed by atoms with van der Waals surface area (Å²) < 4.78 is 4.89. The van der Waals surface area contributed by atoms with E-state index < -0.39 is 0 Å². The zero-order chi connectivity index (χ0) is 18.7. The molecular formula is C18H18N4O3S. The second-order valence-corrected chi connectivity index (χ2v) is 6.79. The van der Waals surface area contributed by atoms with Gasteiger partial charge in [0.15, 0.2) is 5.82 Å². The summed E-state index contributed by atoms with van der Waals surface area (Å²) in [4.78, 5) is 30.2. The quantitative estimate of drug-likeness (QED) is 0.745. The van der Waals surface area contributed by atoms with Crippen molar-refractivity contribution >= 4 is 29.0 Å². The maximum atomic E-state index is 12.5. The van der Waals surface area contributed by atoms with Gasteiger partial charge in [0.05, 0.1) is 6.54 Å². The minimum absolute atomic E-state index is 0.109. The minimum Gasteiger partial charge on any atom is -0.360 e. The van der Waals surface area contributed by atoms with E-state index >= 15 is 0 Å². The number of likely N-dealkylation sites (N-methyl/N-ethyl adjacent to an activating group) is 1. The number of thiazole rings is 1. The largest absolute Gasteiger partial charge is 0.360 e. The first-order valence-electron chi connectivity index (χ1n) is 7.93. The first kappa shape index (κ1) is 17.8. The number of nitrogens with one attached hydrogen (secondary N) is 1. The molecule has 0 bridgehead atoms. The zero-order valence-corrected chi connectivity index (χ0v) is 15.5. The molecule has 0 saturated heterocycles. The highest BCUT2D eigenvalue weighted by Gasteiger charge is 2.19. The minimum atomic E-state index is -0.358. The van der Waals surface area contributed by atoms with Crippen LogP contribution in [-0.2, 0) is 4.79 Å². The van der Waals surface area contributed by atoms with Crippen molar-refractivity contribution in [2.75, 3.05) is 18.9 Å². The Labute approximate surface area is 154 Å². The summed E-state index contributed by atoms with van der Waals surface area (Å²) in [7, 11) is 1.56. The van der Waals surface area contributed by atoms with Crippen molar-refractivity contribution in [2.45, 2.75) is 13.8 Å². The van der Waals surface area contributed by atoms with Gasteiger partial charge in [0.1, 0.15) is 16.5 Å². The van der Waals surface area contributed by atoms with Gasteiger partial charge < -0.3 is 14.7 Å². The summed E-state index contributed by atoms with van der Waals surface area (Å²) in [6, 6.07) is 9.55. The third-order valence-corrected chi connectivity index (χ3v) is 4.54. The van der Waals surface area contributed by atoms with Gasteiger partial charge in [-0.05, 0) is 13.8 Å². The van der Waals surface area contributed by atoms with Crippen molar-refractivity contribution in [3.05, 3.63) is 52.7 Å². The molecule has 3 aromatic rings. The Morgan fingerprint density at radius 1 is 1.23 bits per heavy atom. The first-order chi connectivity index (χ1) is 12.4. The third kappa shape index (κ3) is 4.15. The van der Waals surface area contributed by atoms with Gasteiger partial charge in [0, 0.05) is 24.1 Å². The molecular weight excluding hydrogens is 352 g/mol. The number of hydrogen-bond acceptors (Lipinski definition) is 6. The second kappa shape index (κ2) is 7.49. The molecule has 2 heterocycles. The predicted molar refractivity (Wildman–Crippen MR) is 99.1 cm³/mol. The van der Waals surface area contributed by atoms with Crippen molar-refractivity contribution < 1.29 is 14.1 Å². The smallest absolute Gasteiger partial charge is 0.273 e. The van der Waals surface area contributed by atoms with E-state index in [0.29, 0.717) is 17.3 Å². The molecule has 0 atom stereocenters. The molecule has 0 fully saturated rings. The molecule has 1 N–H and O–H groups in total. The van der Waals surface area contributed by atoms with Crippen LogP contribution in [0.4, 0.5) is 5.82 Å². The average molecular weight is 370 g/mol. The number of aryl methyl sites for hydroxylation is 2. The maximum Gasteiger partial charge on any atom is 0.273 e. The van der Waals surface area contributed by atoms with Gasteiger partial charge in [-0.2, -0.15) is 0 Å². The van der Waals surface area contributed by atoms with Crippen LogP contribution in [0.25, 0.3) is 10.6 Å². The van der Waals surface area contributed by atoms with Crippen LogP contribution in [0, 0.1) is 13.8 Å². The van der Waals surface area contributed by atoms with E-state index in [1.54, 1.807) is 25.4 Å². The van der Waals surface area contributed by atoms with E-state index in [-0.39, 0.29) is 18.4 Å². The molecule has 1 aromatic carbocycles. The lowest BCUT2D eigenvalue weighted by Crippen LogP contribution is -2.35. The summed E-state index contributed by atoms with van der Waals surface area (Å²) in [5.41, 5.74) is 2.44. The van der Waals surface area contributed by atoms with Crippen molar-refractivity contribution in [2.24, 2.45) is 0 Å². The average Bonchev–Trinajstić information content (AvgIpc) is 3.24. The molecule has 0 unspecified atom stereocenters. The van der Waals surface area contributed by atoms with Gasteiger partial charge in [0.25, 0.3) is 5.91 Å². The van der Waals surface area contributed by atoms with Crippen LogP contribution in [0.15, 0.2) is 40.2 Å². The number of rotatable bonds is 5. The van der Waals surface area contributed by atoms with Gasteiger partial charge in [-0.15, -0.1) is 11.3 Å². The molecule has 2 amide bonds. The Morgan fingerprint density at radius 3 is 2.62 bits per heavy atom. The number of nitrogens with zero attached hydrogens (tertiary/aromatic N) is 3. The summed E-state index contributed by atoms with van der Waals surface area (Å²) in [5.74, 6) is 0.244. The Bertz CT molecular complexity index is 930. The number of hydrogen-bond donors (Lipinski definition) is 1. The third-order valence-electron chi connectivity index (χ3n) is 3.64. The van der Waals surface area contributed by atoms with Crippen LogP contribution >= 0.6 is 11.3 Å². The maximum absolute atomic E-state index is 12.5. The zero-order valence-electron chi connectivity index (χ0n) is 14.6. The van der Waals surface area contributed by atoms with E-state index in [9.17, 15) is 9.59 Å². The number of benzene rings is 1. The van der Waals surface area contributed by atoms with E-state index in [4.69, 9.17) is 4.52 Å². The van der Waals surface area contributed by atoms with Gasteiger partial charge in [-0.25, -0.2) is 4.98 Å². The molecule has 0 spiro atoms. The fraction of sp³-hybridized carbons (Fsp3) is 0.222. The van der Waals surface area contributed by atoms with Crippen molar-refractivity contribution in [1.82, 2.24) is 15.0 Å². The van der Waals surface area contributed by atoms with Crippen molar-refractivity contribution in [3.8, 4) is 10.6 Å². The van der Waals surface area contributed by atoms with Crippen LogP contribution in [0.5, 0.6) is 0 Å². The molecule has 0 aliphatic carbocycles. The first-order valence-corrected chi connectivity index (χ1v) is 8.81. The molecule has 8 heteroatoms. The Balaban J connectivity index is 1.63. The fourth-order valence-corrected chi connectivity index (χ4v) is 3.09. The fourth-order valence-electron chi connectivity index (χ4n) is 2.29. The highest BCUT2D eigenvalue weighted by atomic mass is 32.1. The molecule has 0 aliphatic rings. The topological polar surface area (TPSA) is 88.3 Å². The SMILES string of the molecule is Cc1ccc(-c2nc(C(=O)N(C)CC(=O)Nc3cc(C)on3)cs2)cc1. The van der Waals surface area contributed by atoms with E-state index in [2.05, 4.69) is 15.5 Å². The summed E-state index contributed by atoms with van der Waals surface area (Å²) >= 11 is 1.40. The monoisotopic (exact) mass is 370 g/mol. The highest BCUT2D eigenvalue weighted by Crippen LogP contribution is 2.24. The van der Waals surface area contributed by atoms with E-state index in [0.717, 1.165) is 16.1 Å². The van der Waals surface area contributed by atoms with Crippen LogP contribution in [-0.4, -0.2) is 40.4 Å². The van der Waals surface area contributed by atoms with E-state index in [1.807, 2.05) is 31.2 Å². The molecule has 0 aliphatic heterocycles. The van der Waals surface area contributed by atoms with Crippen LogP contribution < -0.4 is 5.32 Å².